The van der Waals surface area contributed by atoms with E-state index in [-0.39, 0.29) is 12.1 Å². The van der Waals surface area contributed by atoms with Crippen LogP contribution in [-0.2, 0) is 0 Å². The first kappa shape index (κ1) is 17.0. The van der Waals surface area contributed by atoms with Gasteiger partial charge in [-0.25, -0.2) is 9.78 Å². The number of nitrogens with zero attached hydrogens (tertiary/aromatic N) is 5. The fourth-order valence-electron chi connectivity index (χ4n) is 3.32. The summed E-state index contributed by atoms with van der Waals surface area (Å²) in [5.74, 6) is 1.32. The number of piperidine rings is 1. The molecule has 3 rings (SSSR count). The Labute approximate surface area is 143 Å². The molecule has 0 aromatic carbocycles. The van der Waals surface area contributed by atoms with Crippen molar-refractivity contribution in [3.63, 3.8) is 0 Å². The topological polar surface area (TPSA) is 61.8 Å². The Hall–Kier alpha value is -1.89. The molecule has 2 aliphatic heterocycles. The number of aryl methyl sites for hydroxylation is 2. The summed E-state index contributed by atoms with van der Waals surface area (Å²) in [6, 6.07) is 2.00. The molecule has 0 aliphatic carbocycles. The summed E-state index contributed by atoms with van der Waals surface area (Å²) >= 11 is 0. The molecular formula is C17H27N5O2. The van der Waals surface area contributed by atoms with Crippen LogP contribution in [0.4, 0.5) is 4.79 Å². The number of ether oxygens (including phenoxy) is 1. The van der Waals surface area contributed by atoms with Crippen molar-refractivity contribution in [2.45, 2.75) is 32.8 Å². The van der Waals surface area contributed by atoms with E-state index >= 15 is 0 Å². The third kappa shape index (κ3) is 4.14. The van der Waals surface area contributed by atoms with Crippen LogP contribution >= 0.6 is 0 Å². The van der Waals surface area contributed by atoms with Gasteiger partial charge in [-0.3, -0.25) is 0 Å². The zero-order valence-electron chi connectivity index (χ0n) is 14.9. The van der Waals surface area contributed by atoms with Crippen molar-refractivity contribution in [3.05, 3.63) is 17.6 Å². The zero-order chi connectivity index (χ0) is 17.1. The second-order valence-electron chi connectivity index (χ2n) is 6.80. The van der Waals surface area contributed by atoms with Crippen LogP contribution < -0.4 is 4.74 Å². The summed E-state index contributed by atoms with van der Waals surface area (Å²) in [4.78, 5) is 27.5. The zero-order valence-corrected chi connectivity index (χ0v) is 14.9. The van der Waals surface area contributed by atoms with Crippen LogP contribution in [0.25, 0.3) is 0 Å². The fraction of sp³-hybridized carbons (Fsp3) is 0.706. The number of likely N-dealkylation sites (tertiary alicyclic amines) is 1. The van der Waals surface area contributed by atoms with Gasteiger partial charge in [0.05, 0.1) is 6.54 Å². The van der Waals surface area contributed by atoms with Crippen molar-refractivity contribution in [2.75, 3.05) is 46.3 Å². The highest BCUT2D eigenvalue weighted by Crippen LogP contribution is 2.19. The first-order valence-electron chi connectivity index (χ1n) is 8.72. The Morgan fingerprint density at radius 2 is 1.88 bits per heavy atom. The molecule has 0 bridgehead atoms. The predicted octanol–water partition coefficient (Wildman–Crippen LogP) is 1.30. The molecule has 24 heavy (non-hydrogen) atoms. The quantitative estimate of drug-likeness (QED) is 0.816. The SMILES string of the molecule is Cc1cc(OC2CCCN(C(=O)N3CCN(C)CC3)C2)nc(C)n1. The highest BCUT2D eigenvalue weighted by Gasteiger charge is 2.29. The number of likely N-dealkylation sites (N-methyl/N-ethyl adjacent to an activating group) is 1. The molecule has 1 atom stereocenters. The number of urea groups is 1. The number of amides is 2. The Morgan fingerprint density at radius 3 is 2.58 bits per heavy atom. The van der Waals surface area contributed by atoms with Crippen LogP contribution in [0.15, 0.2) is 6.07 Å². The maximum atomic E-state index is 12.7. The average Bonchev–Trinajstić information content (AvgIpc) is 2.54. The van der Waals surface area contributed by atoms with Gasteiger partial charge in [-0.1, -0.05) is 0 Å². The first-order valence-corrected chi connectivity index (χ1v) is 8.72. The van der Waals surface area contributed by atoms with E-state index in [1.54, 1.807) is 0 Å². The lowest BCUT2D eigenvalue weighted by atomic mass is 10.1. The van der Waals surface area contributed by atoms with E-state index in [0.29, 0.717) is 18.2 Å². The fourth-order valence-corrected chi connectivity index (χ4v) is 3.32. The lowest BCUT2D eigenvalue weighted by molar-refractivity contribution is 0.0729. The van der Waals surface area contributed by atoms with Gasteiger partial charge in [0.25, 0.3) is 0 Å². The minimum absolute atomic E-state index is 0.00358. The molecule has 3 heterocycles. The molecule has 2 amide bonds. The van der Waals surface area contributed by atoms with E-state index in [0.717, 1.165) is 51.3 Å². The minimum atomic E-state index is 0.00358. The van der Waals surface area contributed by atoms with Gasteiger partial charge in [0.1, 0.15) is 11.9 Å². The lowest BCUT2D eigenvalue weighted by Crippen LogP contribution is -2.54. The summed E-state index contributed by atoms with van der Waals surface area (Å²) in [5.41, 5.74) is 0.902. The summed E-state index contributed by atoms with van der Waals surface area (Å²) in [7, 11) is 2.10. The van der Waals surface area contributed by atoms with Gasteiger partial charge in [0.15, 0.2) is 0 Å². The second kappa shape index (κ2) is 7.34. The lowest BCUT2D eigenvalue weighted by Gasteiger charge is -2.39. The second-order valence-corrected chi connectivity index (χ2v) is 6.80. The number of carbonyl (C=O) groups is 1. The Kier molecular flexibility index (Phi) is 5.18. The maximum Gasteiger partial charge on any atom is 0.320 e. The molecule has 2 fully saturated rings. The molecule has 2 aliphatic rings. The molecule has 1 aromatic rings. The third-order valence-electron chi connectivity index (χ3n) is 4.65. The van der Waals surface area contributed by atoms with Gasteiger partial charge in [0, 0.05) is 44.5 Å². The Morgan fingerprint density at radius 1 is 1.12 bits per heavy atom. The largest absolute Gasteiger partial charge is 0.472 e. The number of rotatable bonds is 2. The van der Waals surface area contributed by atoms with Crippen LogP contribution in [0.3, 0.4) is 0 Å². The molecule has 0 saturated carbocycles. The highest BCUT2D eigenvalue weighted by atomic mass is 16.5. The normalized spacial score (nSPS) is 22.5. The van der Waals surface area contributed by atoms with Crippen molar-refractivity contribution in [3.8, 4) is 5.88 Å². The van der Waals surface area contributed by atoms with Crippen LogP contribution in [-0.4, -0.2) is 83.1 Å². The predicted molar refractivity (Wildman–Crippen MR) is 91.2 cm³/mol. The summed E-state index contributed by atoms with van der Waals surface area (Å²) in [5, 5.41) is 0. The van der Waals surface area contributed by atoms with Gasteiger partial charge in [-0.2, -0.15) is 4.98 Å². The third-order valence-corrected chi connectivity index (χ3v) is 4.65. The van der Waals surface area contributed by atoms with Crippen molar-refractivity contribution in [2.24, 2.45) is 0 Å². The van der Waals surface area contributed by atoms with E-state index in [4.69, 9.17) is 4.74 Å². The number of piperazine rings is 1. The highest BCUT2D eigenvalue weighted by molar-refractivity contribution is 5.74. The molecule has 7 heteroatoms. The van der Waals surface area contributed by atoms with Crippen LogP contribution in [0.1, 0.15) is 24.4 Å². The minimum Gasteiger partial charge on any atom is -0.472 e. The van der Waals surface area contributed by atoms with Crippen LogP contribution in [0.2, 0.25) is 0 Å². The average molecular weight is 333 g/mol. The Balaban J connectivity index is 1.58. The molecule has 2 saturated heterocycles. The number of hydrogen-bond acceptors (Lipinski definition) is 5. The van der Waals surface area contributed by atoms with Crippen LogP contribution in [0.5, 0.6) is 5.88 Å². The molecule has 1 unspecified atom stereocenters. The molecule has 7 nitrogen and oxygen atoms in total. The monoisotopic (exact) mass is 333 g/mol. The first-order chi connectivity index (χ1) is 11.5. The molecule has 0 N–H and O–H groups in total. The van der Waals surface area contributed by atoms with E-state index in [1.165, 1.54) is 0 Å². The van der Waals surface area contributed by atoms with Gasteiger partial charge < -0.3 is 19.4 Å². The van der Waals surface area contributed by atoms with E-state index in [1.807, 2.05) is 29.7 Å². The van der Waals surface area contributed by atoms with Gasteiger partial charge in [0.2, 0.25) is 5.88 Å². The van der Waals surface area contributed by atoms with Crippen molar-refractivity contribution in [1.82, 2.24) is 24.7 Å². The maximum absolute atomic E-state index is 12.7. The summed E-state index contributed by atoms with van der Waals surface area (Å²) in [6.07, 6.45) is 1.92. The van der Waals surface area contributed by atoms with Gasteiger partial charge in [-0.15, -0.1) is 0 Å². The van der Waals surface area contributed by atoms with E-state index in [9.17, 15) is 4.79 Å². The summed E-state index contributed by atoms with van der Waals surface area (Å²) in [6.45, 7) is 8.75. The number of hydrogen-bond donors (Lipinski definition) is 0. The molecular weight excluding hydrogens is 306 g/mol. The number of aromatic nitrogens is 2. The van der Waals surface area contributed by atoms with Crippen molar-refractivity contribution in [1.29, 1.82) is 0 Å². The van der Waals surface area contributed by atoms with Crippen molar-refractivity contribution >= 4 is 6.03 Å². The standard InChI is InChI=1S/C17H27N5O2/c1-13-11-16(19-14(2)18-13)24-15-5-4-6-22(12-15)17(23)21-9-7-20(3)8-10-21/h11,15H,4-10,12H2,1-3H3. The van der Waals surface area contributed by atoms with E-state index in [2.05, 4.69) is 21.9 Å². The molecule has 1 aromatic heterocycles. The number of carbonyl (C=O) groups excluding carboxylic acids is 1. The summed E-state index contributed by atoms with van der Waals surface area (Å²) < 4.78 is 6.03. The van der Waals surface area contributed by atoms with Crippen molar-refractivity contribution < 1.29 is 9.53 Å². The smallest absolute Gasteiger partial charge is 0.320 e. The van der Waals surface area contributed by atoms with Crippen LogP contribution in [0, 0.1) is 13.8 Å². The van der Waals surface area contributed by atoms with Gasteiger partial charge >= 0.3 is 6.03 Å². The molecule has 132 valence electrons. The Bertz CT molecular complexity index is 566. The van der Waals surface area contributed by atoms with Gasteiger partial charge in [-0.05, 0) is 33.7 Å². The molecule has 0 spiro atoms. The van der Waals surface area contributed by atoms with E-state index < -0.39 is 0 Å². The molecule has 0 radical (unpaired) electrons.